The van der Waals surface area contributed by atoms with Crippen molar-refractivity contribution >= 4 is 0 Å². The highest BCUT2D eigenvalue weighted by Gasteiger charge is 2.53. The van der Waals surface area contributed by atoms with Crippen LogP contribution in [0.25, 0.3) is 0 Å². The first-order valence-electron chi connectivity index (χ1n) is 8.10. The van der Waals surface area contributed by atoms with E-state index in [1.54, 1.807) is 0 Å². The summed E-state index contributed by atoms with van der Waals surface area (Å²) in [4.78, 5) is 0. The fourth-order valence-electron chi connectivity index (χ4n) is 5.68. The molecule has 4 aliphatic carbocycles. The molecule has 4 aliphatic rings. The zero-order valence-corrected chi connectivity index (χ0v) is 11.8. The molecule has 4 bridgehead atoms. The van der Waals surface area contributed by atoms with Crippen LogP contribution in [-0.2, 0) is 0 Å². The van der Waals surface area contributed by atoms with Crippen LogP contribution in [0, 0.1) is 23.2 Å². The number of nitrogens with one attached hydrogen (secondary N) is 1. The normalized spacial score (nSPS) is 43.3. The molecule has 4 fully saturated rings. The van der Waals surface area contributed by atoms with Gasteiger partial charge in [-0.25, -0.2) is 0 Å². The Morgan fingerprint density at radius 3 is 2.11 bits per heavy atom. The summed E-state index contributed by atoms with van der Waals surface area (Å²) in [6.45, 7) is 3.71. The lowest BCUT2D eigenvalue weighted by atomic mass is 9.47. The second-order valence-corrected chi connectivity index (χ2v) is 7.30. The lowest BCUT2D eigenvalue weighted by molar-refractivity contribution is -0.0771. The summed E-state index contributed by atoms with van der Waals surface area (Å²) in [5.41, 5.74) is 0.548. The van der Waals surface area contributed by atoms with Crippen molar-refractivity contribution in [2.24, 2.45) is 23.2 Å². The summed E-state index contributed by atoms with van der Waals surface area (Å²) in [7, 11) is 0. The minimum Gasteiger partial charge on any atom is -0.396 e. The van der Waals surface area contributed by atoms with Crippen molar-refractivity contribution in [3.05, 3.63) is 0 Å². The quantitative estimate of drug-likeness (QED) is 0.760. The van der Waals surface area contributed by atoms with Gasteiger partial charge in [0, 0.05) is 12.6 Å². The van der Waals surface area contributed by atoms with Gasteiger partial charge in [-0.05, 0) is 81.1 Å². The van der Waals surface area contributed by atoms with Gasteiger partial charge in [-0.3, -0.25) is 0 Å². The van der Waals surface area contributed by atoms with Gasteiger partial charge in [0.1, 0.15) is 0 Å². The van der Waals surface area contributed by atoms with Gasteiger partial charge >= 0.3 is 0 Å². The van der Waals surface area contributed by atoms with Gasteiger partial charge in [-0.1, -0.05) is 6.92 Å². The number of aliphatic hydroxyl groups is 1. The van der Waals surface area contributed by atoms with Crippen LogP contribution < -0.4 is 5.32 Å². The van der Waals surface area contributed by atoms with Gasteiger partial charge in [0.05, 0.1) is 0 Å². The lowest BCUT2D eigenvalue weighted by Crippen LogP contribution is -2.56. The van der Waals surface area contributed by atoms with E-state index in [2.05, 4.69) is 12.2 Å². The van der Waals surface area contributed by atoms with Crippen molar-refractivity contribution in [3.63, 3.8) is 0 Å². The van der Waals surface area contributed by atoms with Crippen LogP contribution in [0.4, 0.5) is 0 Å². The Hall–Kier alpha value is -0.0800. The number of rotatable bonds is 6. The summed E-state index contributed by atoms with van der Waals surface area (Å²) in [5, 5.41) is 13.2. The molecule has 0 aromatic rings. The molecule has 2 heteroatoms. The highest BCUT2D eigenvalue weighted by atomic mass is 16.3. The summed E-state index contributed by atoms with van der Waals surface area (Å²) in [6, 6.07) is 0.579. The Bertz CT molecular complexity index is 254. The Balaban J connectivity index is 1.75. The molecule has 0 heterocycles. The van der Waals surface area contributed by atoms with E-state index < -0.39 is 0 Å². The molecule has 0 saturated heterocycles. The summed E-state index contributed by atoms with van der Waals surface area (Å²) >= 11 is 0. The van der Waals surface area contributed by atoms with Crippen molar-refractivity contribution in [1.82, 2.24) is 5.32 Å². The van der Waals surface area contributed by atoms with Gasteiger partial charge in [0.25, 0.3) is 0 Å². The average Bonchev–Trinajstić information content (AvgIpc) is 2.32. The SMILES string of the molecule is CCCNC(CCO)C12CC3CC(CC(C3)C1)C2. The maximum atomic E-state index is 9.40. The molecule has 0 amide bonds. The van der Waals surface area contributed by atoms with Crippen LogP contribution in [0.1, 0.15) is 58.3 Å². The van der Waals surface area contributed by atoms with Crippen molar-refractivity contribution in [1.29, 1.82) is 0 Å². The first-order valence-corrected chi connectivity index (χ1v) is 8.10. The molecule has 0 aromatic carbocycles. The zero-order valence-electron chi connectivity index (χ0n) is 11.8. The zero-order chi connectivity index (χ0) is 12.6. The molecule has 104 valence electrons. The third kappa shape index (κ3) is 2.22. The minimum absolute atomic E-state index is 0.350. The lowest BCUT2D eigenvalue weighted by Gasteiger charge is -2.59. The average molecular weight is 251 g/mol. The molecule has 18 heavy (non-hydrogen) atoms. The minimum atomic E-state index is 0.350. The van der Waals surface area contributed by atoms with E-state index >= 15 is 0 Å². The molecule has 1 atom stereocenters. The van der Waals surface area contributed by atoms with Gasteiger partial charge in [0.2, 0.25) is 0 Å². The third-order valence-corrected chi connectivity index (χ3v) is 5.88. The second kappa shape index (κ2) is 5.13. The predicted octanol–water partition coefficient (Wildman–Crippen LogP) is 2.95. The maximum absolute atomic E-state index is 9.40. The number of hydrogen-bond donors (Lipinski definition) is 2. The number of hydrogen-bond acceptors (Lipinski definition) is 2. The van der Waals surface area contributed by atoms with Gasteiger partial charge in [-0.15, -0.1) is 0 Å². The summed E-state index contributed by atoms with van der Waals surface area (Å²) in [5.74, 6) is 3.04. The molecule has 0 radical (unpaired) electrons. The van der Waals surface area contributed by atoms with Crippen LogP contribution in [0.15, 0.2) is 0 Å². The van der Waals surface area contributed by atoms with Crippen molar-refractivity contribution in [3.8, 4) is 0 Å². The summed E-state index contributed by atoms with van der Waals surface area (Å²) in [6.07, 6.45) is 11.0. The molecule has 2 N–H and O–H groups in total. The molecule has 0 spiro atoms. The van der Waals surface area contributed by atoms with E-state index in [-0.39, 0.29) is 0 Å². The highest BCUT2D eigenvalue weighted by Crippen LogP contribution is 2.61. The van der Waals surface area contributed by atoms with E-state index in [1.807, 2.05) is 0 Å². The Morgan fingerprint density at radius 1 is 1.11 bits per heavy atom. The molecule has 0 aromatic heterocycles. The van der Waals surface area contributed by atoms with Gasteiger partial charge in [0.15, 0.2) is 0 Å². The maximum Gasteiger partial charge on any atom is 0.0446 e. The topological polar surface area (TPSA) is 32.3 Å². The molecule has 0 aliphatic heterocycles. The van der Waals surface area contributed by atoms with Crippen molar-refractivity contribution < 1.29 is 5.11 Å². The molecule has 4 saturated carbocycles. The fourth-order valence-corrected chi connectivity index (χ4v) is 5.68. The van der Waals surface area contributed by atoms with Gasteiger partial charge in [-0.2, -0.15) is 0 Å². The Morgan fingerprint density at radius 2 is 1.67 bits per heavy atom. The largest absolute Gasteiger partial charge is 0.396 e. The Labute approximate surface area is 112 Å². The van der Waals surface area contributed by atoms with E-state index in [0.29, 0.717) is 18.1 Å². The van der Waals surface area contributed by atoms with Crippen molar-refractivity contribution in [2.75, 3.05) is 13.2 Å². The van der Waals surface area contributed by atoms with Crippen LogP contribution in [0.2, 0.25) is 0 Å². The molecule has 1 unspecified atom stereocenters. The number of aliphatic hydroxyl groups excluding tert-OH is 1. The van der Waals surface area contributed by atoms with Crippen LogP contribution in [0.5, 0.6) is 0 Å². The van der Waals surface area contributed by atoms with E-state index in [0.717, 1.165) is 30.7 Å². The first kappa shape index (κ1) is 12.9. The highest BCUT2D eigenvalue weighted by molar-refractivity contribution is 5.06. The van der Waals surface area contributed by atoms with E-state index in [1.165, 1.54) is 44.9 Å². The van der Waals surface area contributed by atoms with Crippen molar-refractivity contribution in [2.45, 2.75) is 64.3 Å². The molecular formula is C16H29NO. The van der Waals surface area contributed by atoms with Gasteiger partial charge < -0.3 is 10.4 Å². The predicted molar refractivity (Wildman–Crippen MR) is 74.4 cm³/mol. The standard InChI is InChI=1S/C16H29NO/c1-2-4-17-15(3-5-18)16-9-12-6-13(10-16)8-14(7-12)11-16/h12-15,17-18H,2-11H2,1H3. The van der Waals surface area contributed by atoms with E-state index in [4.69, 9.17) is 0 Å². The molecular weight excluding hydrogens is 222 g/mol. The second-order valence-electron chi connectivity index (χ2n) is 7.30. The van der Waals surface area contributed by atoms with E-state index in [9.17, 15) is 5.11 Å². The fraction of sp³-hybridized carbons (Fsp3) is 1.00. The smallest absolute Gasteiger partial charge is 0.0446 e. The summed E-state index contributed by atoms with van der Waals surface area (Å²) < 4.78 is 0. The van der Waals surface area contributed by atoms with Crippen LogP contribution >= 0.6 is 0 Å². The third-order valence-electron chi connectivity index (χ3n) is 5.88. The molecule has 2 nitrogen and oxygen atoms in total. The van der Waals surface area contributed by atoms with Crippen LogP contribution in [-0.4, -0.2) is 24.3 Å². The monoisotopic (exact) mass is 251 g/mol. The van der Waals surface area contributed by atoms with Crippen LogP contribution in [0.3, 0.4) is 0 Å². The Kier molecular flexibility index (Phi) is 3.68. The first-order chi connectivity index (χ1) is 8.75. The molecule has 4 rings (SSSR count).